The van der Waals surface area contributed by atoms with E-state index >= 15 is 0 Å². The molecule has 1 N–H and O–H groups in total. The van der Waals surface area contributed by atoms with E-state index in [1.807, 2.05) is 65.8 Å². The lowest BCUT2D eigenvalue weighted by atomic mass is 9.97. The molecule has 3 heterocycles. The van der Waals surface area contributed by atoms with Crippen molar-refractivity contribution in [2.24, 2.45) is 0 Å². The van der Waals surface area contributed by atoms with Gasteiger partial charge in [0.05, 0.1) is 19.4 Å². The van der Waals surface area contributed by atoms with Crippen LogP contribution in [0, 0.1) is 13.8 Å². The van der Waals surface area contributed by atoms with Crippen LogP contribution >= 0.6 is 0 Å². The number of rotatable bonds is 3. The summed E-state index contributed by atoms with van der Waals surface area (Å²) in [5, 5.41) is 9.61. The van der Waals surface area contributed by atoms with Gasteiger partial charge in [-0.3, -0.25) is 4.98 Å². The van der Waals surface area contributed by atoms with Gasteiger partial charge in [0.1, 0.15) is 5.75 Å². The number of aryl methyl sites for hydroxylation is 2. The molecule has 0 saturated carbocycles. The molecule has 30 heavy (non-hydrogen) atoms. The van der Waals surface area contributed by atoms with E-state index in [1.165, 1.54) is 0 Å². The Labute approximate surface area is 179 Å². The summed E-state index contributed by atoms with van der Waals surface area (Å²) in [5.74, 6) is 2.56. The van der Waals surface area contributed by atoms with Gasteiger partial charge >= 0.3 is 0 Å². The van der Waals surface area contributed by atoms with Crippen LogP contribution in [0.25, 0.3) is 11.4 Å². The van der Waals surface area contributed by atoms with Crippen molar-refractivity contribution in [3.05, 3.63) is 58.5 Å². The van der Waals surface area contributed by atoms with Crippen LogP contribution < -0.4 is 9.47 Å². The lowest BCUT2D eigenvalue weighted by Crippen LogP contribution is -2.13. The van der Waals surface area contributed by atoms with Gasteiger partial charge in [-0.1, -0.05) is 39.8 Å². The number of hydrogen-bond donors (Lipinski definition) is 1. The lowest BCUT2D eigenvalue weighted by Gasteiger charge is -2.23. The molecule has 0 aliphatic carbocycles. The van der Waals surface area contributed by atoms with E-state index in [0.717, 1.165) is 39.4 Å². The molecule has 0 unspecified atom stereocenters. The first-order valence-corrected chi connectivity index (χ1v) is 10.4. The number of aliphatic hydroxyl groups is 1. The van der Waals surface area contributed by atoms with Gasteiger partial charge in [0.25, 0.3) is 0 Å². The molecule has 6 nitrogen and oxygen atoms in total. The van der Waals surface area contributed by atoms with E-state index in [4.69, 9.17) is 9.47 Å². The van der Waals surface area contributed by atoms with Gasteiger partial charge in [0, 0.05) is 40.6 Å². The number of pyridine rings is 1. The quantitative estimate of drug-likeness (QED) is 0.488. The number of benzene rings is 1. The summed E-state index contributed by atoms with van der Waals surface area (Å²) in [4.78, 5) is 13.6. The lowest BCUT2D eigenvalue weighted by molar-refractivity contribution is 0.278. The summed E-state index contributed by atoms with van der Waals surface area (Å²) in [6.45, 7) is 11.8. The number of nitrogens with zero attached hydrogens (tertiary/aromatic N) is 3. The Morgan fingerprint density at radius 1 is 1.03 bits per heavy atom. The highest BCUT2D eigenvalue weighted by Gasteiger charge is 2.26. The summed E-state index contributed by atoms with van der Waals surface area (Å²) in [6, 6.07) is 7.63. The minimum absolute atomic E-state index is 0.0733. The van der Waals surface area contributed by atoms with Crippen LogP contribution in [-0.2, 0) is 13.0 Å². The predicted molar refractivity (Wildman–Crippen MR) is 119 cm³/mol. The molecule has 0 bridgehead atoms. The number of aliphatic hydroxyl groups excluding tert-OH is 1. The molecule has 160 valence electrons. The topological polar surface area (TPSA) is 77.4 Å². The molecule has 0 fully saturated rings. The first-order valence-electron chi connectivity index (χ1n) is 10.4. The fourth-order valence-corrected chi connectivity index (χ4v) is 3.16. The van der Waals surface area contributed by atoms with E-state index in [0.29, 0.717) is 23.9 Å². The zero-order valence-electron chi connectivity index (χ0n) is 18.9. The Kier molecular flexibility index (Phi) is 8.30. The van der Waals surface area contributed by atoms with Crippen molar-refractivity contribution in [1.29, 1.82) is 0 Å². The third-order valence-electron chi connectivity index (χ3n) is 4.63. The van der Waals surface area contributed by atoms with Crippen molar-refractivity contribution in [3.63, 3.8) is 0 Å². The molecule has 6 heteroatoms. The molecule has 4 rings (SSSR count). The van der Waals surface area contributed by atoms with Crippen molar-refractivity contribution in [2.75, 3.05) is 7.11 Å². The maximum atomic E-state index is 9.61. The molecule has 0 spiro atoms. The van der Waals surface area contributed by atoms with Crippen LogP contribution in [0.1, 0.15) is 55.8 Å². The van der Waals surface area contributed by atoms with Crippen molar-refractivity contribution >= 4 is 0 Å². The predicted octanol–water partition coefficient (Wildman–Crippen LogP) is 5.41. The molecule has 1 aliphatic heterocycles. The Hall–Kier alpha value is -2.99. The van der Waals surface area contributed by atoms with Crippen molar-refractivity contribution in [3.8, 4) is 28.8 Å². The zero-order chi connectivity index (χ0) is 22.3. The summed E-state index contributed by atoms with van der Waals surface area (Å²) in [7, 11) is 1.63. The average molecular weight is 410 g/mol. The molecule has 0 amide bonds. The molecule has 2 aromatic heterocycles. The summed E-state index contributed by atoms with van der Waals surface area (Å²) >= 11 is 0. The van der Waals surface area contributed by atoms with E-state index in [1.54, 1.807) is 13.3 Å². The van der Waals surface area contributed by atoms with E-state index < -0.39 is 0 Å². The van der Waals surface area contributed by atoms with Crippen LogP contribution in [0.15, 0.2) is 30.5 Å². The minimum Gasteiger partial charge on any atom is -0.497 e. The SMILES string of the molecule is CC.CC.COc1cccc(-c2nc(C)c3c(n2)Oc2c(C)ncc(CO)c2C3)c1. The Morgan fingerprint density at radius 3 is 2.43 bits per heavy atom. The Bertz CT molecular complexity index is 1000. The number of hydrogen-bond acceptors (Lipinski definition) is 6. The molecule has 0 atom stereocenters. The number of methoxy groups -OCH3 is 1. The van der Waals surface area contributed by atoms with Crippen molar-refractivity contribution < 1.29 is 14.6 Å². The van der Waals surface area contributed by atoms with Gasteiger partial charge in [0.2, 0.25) is 5.88 Å². The normalized spacial score (nSPS) is 10.9. The van der Waals surface area contributed by atoms with Gasteiger partial charge in [-0.05, 0) is 26.0 Å². The van der Waals surface area contributed by atoms with E-state index in [9.17, 15) is 5.11 Å². The second kappa shape index (κ2) is 10.7. The highest BCUT2D eigenvalue weighted by atomic mass is 16.5. The fraction of sp³-hybridized carbons (Fsp3) is 0.375. The maximum absolute atomic E-state index is 9.61. The average Bonchev–Trinajstić information content (AvgIpc) is 2.81. The first-order chi connectivity index (χ1) is 14.6. The van der Waals surface area contributed by atoms with E-state index in [2.05, 4.69) is 15.0 Å². The van der Waals surface area contributed by atoms with Crippen LogP contribution in [0.4, 0.5) is 0 Å². The zero-order valence-corrected chi connectivity index (χ0v) is 18.9. The molecule has 1 aromatic carbocycles. The summed E-state index contributed by atoms with van der Waals surface area (Å²) in [5.41, 5.74) is 5.16. The van der Waals surface area contributed by atoms with Gasteiger partial charge < -0.3 is 14.6 Å². The Balaban J connectivity index is 0.000000757. The highest BCUT2D eigenvalue weighted by molar-refractivity contribution is 5.61. The van der Waals surface area contributed by atoms with Crippen LogP contribution in [-0.4, -0.2) is 27.2 Å². The molecule has 0 radical (unpaired) electrons. The molecular weight excluding hydrogens is 378 g/mol. The third kappa shape index (κ3) is 4.60. The monoisotopic (exact) mass is 409 g/mol. The van der Waals surface area contributed by atoms with Crippen molar-refractivity contribution in [1.82, 2.24) is 15.0 Å². The maximum Gasteiger partial charge on any atom is 0.226 e. The second-order valence-corrected chi connectivity index (χ2v) is 6.26. The summed E-state index contributed by atoms with van der Waals surface area (Å²) < 4.78 is 11.4. The number of fused-ring (bicyclic) bond motifs is 2. The molecule has 0 saturated heterocycles. The van der Waals surface area contributed by atoms with Gasteiger partial charge in [-0.2, -0.15) is 4.98 Å². The van der Waals surface area contributed by atoms with Gasteiger partial charge in [0.15, 0.2) is 11.6 Å². The minimum atomic E-state index is -0.0733. The van der Waals surface area contributed by atoms with Gasteiger partial charge in [-0.15, -0.1) is 0 Å². The van der Waals surface area contributed by atoms with Crippen LogP contribution in [0.2, 0.25) is 0 Å². The number of ether oxygens (including phenoxy) is 2. The Morgan fingerprint density at radius 2 is 1.77 bits per heavy atom. The van der Waals surface area contributed by atoms with Crippen molar-refractivity contribution in [2.45, 2.75) is 54.6 Å². The van der Waals surface area contributed by atoms with Crippen LogP contribution in [0.3, 0.4) is 0 Å². The first kappa shape index (κ1) is 23.3. The van der Waals surface area contributed by atoms with Gasteiger partial charge in [-0.25, -0.2) is 4.98 Å². The summed E-state index contributed by atoms with van der Waals surface area (Å²) in [6.07, 6.45) is 2.32. The molecule has 1 aliphatic rings. The standard InChI is InChI=1S/C20H19N3O3.2C2H6/c1-11-16-8-17-14(10-24)9-21-12(2)18(17)26-20(16)23-19(22-11)13-5-4-6-15(7-13)25-3;2*1-2/h4-7,9,24H,8,10H2,1-3H3;2*1-2H3. The largest absolute Gasteiger partial charge is 0.497 e. The molecular formula is C24H31N3O3. The molecule has 3 aromatic rings. The smallest absolute Gasteiger partial charge is 0.226 e. The van der Waals surface area contributed by atoms with Crippen LogP contribution in [0.5, 0.6) is 17.4 Å². The third-order valence-corrected chi connectivity index (χ3v) is 4.63. The van der Waals surface area contributed by atoms with E-state index in [-0.39, 0.29) is 6.61 Å². The number of aromatic nitrogens is 3. The second-order valence-electron chi connectivity index (χ2n) is 6.26. The highest BCUT2D eigenvalue weighted by Crippen LogP contribution is 2.40. The fourth-order valence-electron chi connectivity index (χ4n) is 3.16.